The first-order valence-electron chi connectivity index (χ1n) is 6.32. The SMILES string of the molecule is COc1c(F)cccc1C(CC(O)(C=O)C(F)(F)F)=C(C)C. The lowest BCUT2D eigenvalue weighted by molar-refractivity contribution is -0.242. The molecule has 0 saturated heterocycles. The van der Waals surface area contributed by atoms with Crippen molar-refractivity contribution in [2.45, 2.75) is 32.0 Å². The largest absolute Gasteiger partial charge is 0.493 e. The number of aldehydes is 1. The first-order valence-corrected chi connectivity index (χ1v) is 6.32. The van der Waals surface area contributed by atoms with Crippen LogP contribution in [0.1, 0.15) is 25.8 Å². The predicted molar refractivity (Wildman–Crippen MR) is 72.9 cm³/mol. The molecular formula is C15H16F4O3. The molecule has 0 aliphatic rings. The molecule has 0 saturated carbocycles. The minimum Gasteiger partial charge on any atom is -0.493 e. The summed E-state index contributed by atoms with van der Waals surface area (Å²) in [6.45, 7) is 3.00. The molecule has 122 valence electrons. The van der Waals surface area contributed by atoms with Crippen LogP contribution in [0.25, 0.3) is 5.57 Å². The van der Waals surface area contributed by atoms with E-state index in [1.807, 2.05) is 0 Å². The molecule has 22 heavy (non-hydrogen) atoms. The second kappa shape index (κ2) is 6.48. The van der Waals surface area contributed by atoms with E-state index >= 15 is 0 Å². The van der Waals surface area contributed by atoms with E-state index in [0.717, 1.165) is 6.07 Å². The summed E-state index contributed by atoms with van der Waals surface area (Å²) in [4.78, 5) is 10.8. The molecule has 0 heterocycles. The van der Waals surface area contributed by atoms with Gasteiger partial charge in [0.2, 0.25) is 5.60 Å². The topological polar surface area (TPSA) is 46.5 Å². The van der Waals surface area contributed by atoms with Crippen LogP contribution < -0.4 is 4.74 Å². The van der Waals surface area contributed by atoms with Crippen molar-refractivity contribution in [1.29, 1.82) is 0 Å². The van der Waals surface area contributed by atoms with Gasteiger partial charge in [-0.1, -0.05) is 17.7 Å². The molecule has 0 spiro atoms. The fourth-order valence-electron chi connectivity index (χ4n) is 1.97. The number of hydrogen-bond acceptors (Lipinski definition) is 3. The van der Waals surface area contributed by atoms with Crippen LogP contribution in [-0.2, 0) is 4.79 Å². The third-order valence-electron chi connectivity index (χ3n) is 3.23. The fourth-order valence-corrected chi connectivity index (χ4v) is 1.97. The molecule has 0 bridgehead atoms. The molecule has 1 N–H and O–H groups in total. The molecule has 0 aromatic heterocycles. The Kier molecular flexibility index (Phi) is 5.35. The number of rotatable bonds is 5. The zero-order chi connectivity index (χ0) is 17.1. The van der Waals surface area contributed by atoms with Gasteiger partial charge in [0.05, 0.1) is 7.11 Å². The highest BCUT2D eigenvalue weighted by Crippen LogP contribution is 2.40. The second-order valence-corrected chi connectivity index (χ2v) is 5.02. The summed E-state index contributed by atoms with van der Waals surface area (Å²) in [6, 6.07) is 3.77. The van der Waals surface area contributed by atoms with Crippen LogP contribution in [0.5, 0.6) is 5.75 Å². The molecule has 0 amide bonds. The number of benzene rings is 1. The van der Waals surface area contributed by atoms with Crippen molar-refractivity contribution in [1.82, 2.24) is 0 Å². The number of halogens is 4. The smallest absolute Gasteiger partial charge is 0.424 e. The van der Waals surface area contributed by atoms with Gasteiger partial charge in [-0.15, -0.1) is 0 Å². The van der Waals surface area contributed by atoms with E-state index in [4.69, 9.17) is 4.74 Å². The summed E-state index contributed by atoms with van der Waals surface area (Å²) >= 11 is 0. The van der Waals surface area contributed by atoms with Crippen molar-refractivity contribution in [3.63, 3.8) is 0 Å². The number of ether oxygens (including phenoxy) is 1. The Hall–Kier alpha value is -1.89. The van der Waals surface area contributed by atoms with Crippen LogP contribution in [-0.4, -0.2) is 30.3 Å². The lowest BCUT2D eigenvalue weighted by Crippen LogP contribution is -2.46. The van der Waals surface area contributed by atoms with Crippen LogP contribution >= 0.6 is 0 Å². The Labute approximate surface area is 125 Å². The molecule has 1 aromatic rings. The van der Waals surface area contributed by atoms with Gasteiger partial charge in [-0.05, 0) is 25.5 Å². The highest BCUT2D eigenvalue weighted by molar-refractivity contribution is 5.78. The number of para-hydroxylation sites is 1. The Balaban J connectivity index is 3.44. The molecule has 0 aliphatic carbocycles. The number of methoxy groups -OCH3 is 1. The minimum atomic E-state index is -5.14. The van der Waals surface area contributed by atoms with E-state index in [9.17, 15) is 27.5 Å². The van der Waals surface area contributed by atoms with E-state index in [0.29, 0.717) is 5.57 Å². The average molecular weight is 320 g/mol. The van der Waals surface area contributed by atoms with Gasteiger partial charge in [0, 0.05) is 12.0 Å². The molecule has 1 rings (SSSR count). The van der Waals surface area contributed by atoms with Crippen LogP contribution in [0.2, 0.25) is 0 Å². The maximum absolute atomic E-state index is 13.7. The van der Waals surface area contributed by atoms with Gasteiger partial charge in [-0.2, -0.15) is 13.2 Å². The molecule has 1 aromatic carbocycles. The van der Waals surface area contributed by atoms with E-state index in [1.54, 1.807) is 0 Å². The summed E-state index contributed by atoms with van der Waals surface area (Å²) in [5, 5.41) is 9.61. The lowest BCUT2D eigenvalue weighted by Gasteiger charge is -2.27. The molecule has 3 nitrogen and oxygen atoms in total. The monoisotopic (exact) mass is 320 g/mol. The predicted octanol–water partition coefficient (Wildman–Crippen LogP) is 3.51. The maximum Gasteiger partial charge on any atom is 0.424 e. The van der Waals surface area contributed by atoms with Gasteiger partial charge < -0.3 is 9.84 Å². The zero-order valence-corrected chi connectivity index (χ0v) is 12.3. The lowest BCUT2D eigenvalue weighted by atomic mass is 9.88. The number of allylic oxidation sites excluding steroid dienone is 1. The van der Waals surface area contributed by atoms with Crippen molar-refractivity contribution in [2.75, 3.05) is 7.11 Å². The minimum absolute atomic E-state index is 0.0109. The number of aliphatic hydroxyl groups is 1. The number of carbonyl (C=O) groups excluding carboxylic acids is 1. The normalized spacial score (nSPS) is 14.2. The standard InChI is InChI=1S/C15H16F4O3/c1-9(2)11(7-14(21,8-20)15(17,18)19)10-5-4-6-12(16)13(10)22-3/h4-6,8,21H,7H2,1-3H3. The Morgan fingerprint density at radius 1 is 1.32 bits per heavy atom. The molecule has 0 fully saturated rings. The summed E-state index contributed by atoms with van der Waals surface area (Å²) in [5.74, 6) is -0.991. The Morgan fingerprint density at radius 3 is 2.32 bits per heavy atom. The zero-order valence-electron chi connectivity index (χ0n) is 12.3. The quantitative estimate of drug-likeness (QED) is 0.667. The van der Waals surface area contributed by atoms with Crippen LogP contribution in [0, 0.1) is 5.82 Å². The first kappa shape index (κ1) is 18.2. The third-order valence-corrected chi connectivity index (χ3v) is 3.23. The van der Waals surface area contributed by atoms with Gasteiger partial charge in [-0.3, -0.25) is 4.79 Å². The van der Waals surface area contributed by atoms with Crippen LogP contribution in [0.15, 0.2) is 23.8 Å². The Morgan fingerprint density at radius 2 is 1.91 bits per heavy atom. The van der Waals surface area contributed by atoms with E-state index in [-0.39, 0.29) is 16.9 Å². The van der Waals surface area contributed by atoms with Gasteiger partial charge in [0.1, 0.15) is 0 Å². The van der Waals surface area contributed by atoms with Gasteiger partial charge in [-0.25, -0.2) is 4.39 Å². The van der Waals surface area contributed by atoms with Crippen molar-refractivity contribution >= 4 is 11.9 Å². The highest BCUT2D eigenvalue weighted by Gasteiger charge is 2.54. The van der Waals surface area contributed by atoms with Crippen molar-refractivity contribution in [2.24, 2.45) is 0 Å². The van der Waals surface area contributed by atoms with Crippen LogP contribution in [0.3, 0.4) is 0 Å². The summed E-state index contributed by atoms with van der Waals surface area (Å²) < 4.78 is 57.3. The van der Waals surface area contributed by atoms with Gasteiger partial charge in [0.15, 0.2) is 17.9 Å². The van der Waals surface area contributed by atoms with Gasteiger partial charge >= 0.3 is 6.18 Å². The van der Waals surface area contributed by atoms with Gasteiger partial charge in [0.25, 0.3) is 0 Å². The van der Waals surface area contributed by atoms with Crippen molar-refractivity contribution < 1.29 is 32.2 Å². The molecule has 7 heteroatoms. The molecule has 1 unspecified atom stereocenters. The molecule has 1 atom stereocenters. The highest BCUT2D eigenvalue weighted by atomic mass is 19.4. The van der Waals surface area contributed by atoms with Crippen molar-refractivity contribution in [3.8, 4) is 5.75 Å². The fraction of sp³-hybridized carbons (Fsp3) is 0.400. The van der Waals surface area contributed by atoms with E-state index in [2.05, 4.69) is 0 Å². The number of alkyl halides is 3. The molecular weight excluding hydrogens is 304 g/mol. The van der Waals surface area contributed by atoms with E-state index in [1.165, 1.54) is 33.1 Å². The van der Waals surface area contributed by atoms with E-state index < -0.39 is 30.3 Å². The van der Waals surface area contributed by atoms with Crippen molar-refractivity contribution in [3.05, 3.63) is 35.2 Å². The summed E-state index contributed by atoms with van der Waals surface area (Å²) in [5.41, 5.74) is -3.10. The second-order valence-electron chi connectivity index (χ2n) is 5.02. The first-order chi connectivity index (χ1) is 10.1. The Bertz CT molecular complexity index is 589. The van der Waals surface area contributed by atoms with Crippen LogP contribution in [0.4, 0.5) is 17.6 Å². The maximum atomic E-state index is 13.7. The third kappa shape index (κ3) is 3.47. The molecule has 0 radical (unpaired) electrons. The average Bonchev–Trinajstić information content (AvgIpc) is 2.42. The summed E-state index contributed by atoms with van der Waals surface area (Å²) in [7, 11) is 1.18. The number of hydrogen-bond donors (Lipinski definition) is 1. The summed E-state index contributed by atoms with van der Waals surface area (Å²) in [6.07, 6.45) is -6.72. The number of carbonyl (C=O) groups is 1. The molecule has 0 aliphatic heterocycles.